The van der Waals surface area contributed by atoms with Crippen molar-refractivity contribution in [2.24, 2.45) is 0 Å². The maximum absolute atomic E-state index is 9.03. The van der Waals surface area contributed by atoms with Crippen molar-refractivity contribution in [2.45, 2.75) is 13.1 Å². The molecule has 1 aliphatic rings. The largest absolute Gasteiger partial charge is 0.505 e. The minimum Gasteiger partial charge on any atom is -0.403 e. The van der Waals surface area contributed by atoms with Gasteiger partial charge in [-0.1, -0.05) is 18.2 Å². The van der Waals surface area contributed by atoms with E-state index in [9.17, 15) is 0 Å². The van der Waals surface area contributed by atoms with Crippen molar-refractivity contribution >= 4 is 6.08 Å². The summed E-state index contributed by atoms with van der Waals surface area (Å²) in [6.45, 7) is 1.90. The molecule has 1 heterocycles. The van der Waals surface area contributed by atoms with Crippen molar-refractivity contribution in [2.75, 3.05) is 0 Å². The molecule has 4 nitrogen and oxygen atoms in total. The molecular formula is C10H10O4. The molecule has 0 spiro atoms. The third-order valence-corrected chi connectivity index (χ3v) is 1.81. The van der Waals surface area contributed by atoms with E-state index in [1.54, 1.807) is 18.2 Å². The molecule has 0 unspecified atom stereocenters. The number of rotatable bonds is 1. The van der Waals surface area contributed by atoms with E-state index in [-0.39, 0.29) is 0 Å². The van der Waals surface area contributed by atoms with Crippen LogP contribution in [0, 0.1) is 0 Å². The van der Waals surface area contributed by atoms with E-state index in [1.165, 1.54) is 0 Å². The van der Waals surface area contributed by atoms with E-state index in [0.717, 1.165) is 5.56 Å². The molecule has 0 aromatic heterocycles. The predicted octanol–water partition coefficient (Wildman–Crippen LogP) is 1.09. The monoisotopic (exact) mass is 194 g/mol. The molecule has 14 heavy (non-hydrogen) atoms. The fraction of sp³-hybridized carbons (Fsp3) is 0.200. The van der Waals surface area contributed by atoms with Crippen molar-refractivity contribution in [1.29, 1.82) is 0 Å². The van der Waals surface area contributed by atoms with Gasteiger partial charge in [-0.05, 0) is 24.6 Å². The summed E-state index contributed by atoms with van der Waals surface area (Å²) >= 11 is 0. The minimum absolute atomic E-state index is 0.322. The van der Waals surface area contributed by atoms with Gasteiger partial charge in [0.05, 0.1) is 0 Å². The van der Waals surface area contributed by atoms with Gasteiger partial charge in [0, 0.05) is 0 Å². The molecule has 1 aromatic rings. The highest BCUT2D eigenvalue weighted by Crippen LogP contribution is 2.37. The van der Waals surface area contributed by atoms with Crippen LogP contribution in [0.2, 0.25) is 0 Å². The standard InChI is InChI=1S/C10H10O4/c1-2-3-7-4-5-8-9(6-7)14-10(11,12)13-8/h2-6,11-12H,1H3. The average molecular weight is 194 g/mol. The Morgan fingerprint density at radius 2 is 1.93 bits per heavy atom. The van der Waals surface area contributed by atoms with Crippen LogP contribution in [0.25, 0.3) is 6.08 Å². The molecule has 0 bridgehead atoms. The molecule has 0 radical (unpaired) electrons. The fourth-order valence-electron chi connectivity index (χ4n) is 1.29. The zero-order valence-corrected chi connectivity index (χ0v) is 7.60. The minimum atomic E-state index is -2.53. The Morgan fingerprint density at radius 3 is 2.64 bits per heavy atom. The maximum Gasteiger partial charge on any atom is 0.505 e. The highest BCUT2D eigenvalue weighted by atomic mass is 17.0. The van der Waals surface area contributed by atoms with Gasteiger partial charge in [0.25, 0.3) is 0 Å². The van der Waals surface area contributed by atoms with Crippen molar-refractivity contribution in [1.82, 2.24) is 0 Å². The molecule has 2 N–H and O–H groups in total. The molecule has 74 valence electrons. The van der Waals surface area contributed by atoms with Crippen LogP contribution in [0.4, 0.5) is 0 Å². The molecule has 0 aliphatic carbocycles. The van der Waals surface area contributed by atoms with E-state index >= 15 is 0 Å². The van der Waals surface area contributed by atoms with Gasteiger partial charge in [0.1, 0.15) is 0 Å². The SMILES string of the molecule is CC=Cc1ccc2c(c1)OC(O)(O)O2. The van der Waals surface area contributed by atoms with Crippen molar-refractivity contribution < 1.29 is 19.7 Å². The third kappa shape index (κ3) is 1.57. The number of hydrogen-bond donors (Lipinski definition) is 2. The van der Waals surface area contributed by atoms with Crippen LogP contribution in [-0.4, -0.2) is 16.4 Å². The van der Waals surface area contributed by atoms with Gasteiger partial charge in [-0.3, -0.25) is 10.2 Å². The lowest BCUT2D eigenvalue weighted by Gasteiger charge is -2.10. The first-order valence-corrected chi connectivity index (χ1v) is 4.20. The van der Waals surface area contributed by atoms with E-state index < -0.39 is 6.16 Å². The molecule has 2 rings (SSSR count). The topological polar surface area (TPSA) is 58.9 Å². The summed E-state index contributed by atoms with van der Waals surface area (Å²) < 4.78 is 9.43. The summed E-state index contributed by atoms with van der Waals surface area (Å²) in [7, 11) is 0. The van der Waals surface area contributed by atoms with Crippen LogP contribution >= 0.6 is 0 Å². The van der Waals surface area contributed by atoms with Crippen molar-refractivity contribution in [3.05, 3.63) is 29.8 Å². The second-order valence-electron chi connectivity index (χ2n) is 2.96. The zero-order chi connectivity index (χ0) is 10.2. The third-order valence-electron chi connectivity index (χ3n) is 1.81. The Balaban J connectivity index is 2.35. The molecule has 1 aromatic carbocycles. The number of hydrogen-bond acceptors (Lipinski definition) is 4. The van der Waals surface area contributed by atoms with Gasteiger partial charge in [0.15, 0.2) is 11.5 Å². The Bertz CT molecular complexity index is 382. The lowest BCUT2D eigenvalue weighted by Crippen LogP contribution is -2.37. The van der Waals surface area contributed by atoms with E-state index in [4.69, 9.17) is 19.7 Å². The summed E-state index contributed by atoms with van der Waals surface area (Å²) in [6, 6.07) is 5.09. The highest BCUT2D eigenvalue weighted by Gasteiger charge is 2.37. The van der Waals surface area contributed by atoms with Crippen molar-refractivity contribution in [3.63, 3.8) is 0 Å². The molecule has 4 heteroatoms. The molecular weight excluding hydrogens is 184 g/mol. The number of fused-ring (bicyclic) bond motifs is 1. The zero-order valence-electron chi connectivity index (χ0n) is 7.60. The number of ether oxygens (including phenoxy) is 2. The molecule has 1 aliphatic heterocycles. The first-order valence-electron chi connectivity index (χ1n) is 4.20. The van der Waals surface area contributed by atoms with Gasteiger partial charge in [-0.2, -0.15) is 0 Å². The van der Waals surface area contributed by atoms with Gasteiger partial charge in [0.2, 0.25) is 0 Å². The smallest absolute Gasteiger partial charge is 0.403 e. The fourth-order valence-corrected chi connectivity index (χ4v) is 1.29. The van der Waals surface area contributed by atoms with Gasteiger partial charge >= 0.3 is 6.16 Å². The number of benzene rings is 1. The molecule has 0 amide bonds. The first kappa shape index (κ1) is 9.05. The summed E-state index contributed by atoms with van der Waals surface area (Å²) in [6.07, 6.45) is 1.22. The van der Waals surface area contributed by atoms with E-state index in [2.05, 4.69) is 0 Å². The van der Waals surface area contributed by atoms with Crippen LogP contribution in [-0.2, 0) is 0 Å². The Labute approximate surface area is 81.0 Å². The normalized spacial score (nSPS) is 17.6. The van der Waals surface area contributed by atoms with Gasteiger partial charge < -0.3 is 9.47 Å². The first-order chi connectivity index (χ1) is 6.61. The summed E-state index contributed by atoms with van der Waals surface area (Å²) in [5, 5.41) is 18.1. The van der Waals surface area contributed by atoms with Gasteiger partial charge in [-0.25, -0.2) is 0 Å². The van der Waals surface area contributed by atoms with Gasteiger partial charge in [-0.15, -0.1) is 0 Å². The van der Waals surface area contributed by atoms with Crippen LogP contribution in [0.15, 0.2) is 24.3 Å². The lowest BCUT2D eigenvalue weighted by atomic mass is 10.2. The van der Waals surface area contributed by atoms with E-state index in [1.807, 2.05) is 19.1 Å². The molecule has 0 atom stereocenters. The predicted molar refractivity (Wildman–Crippen MR) is 49.6 cm³/mol. The van der Waals surface area contributed by atoms with Crippen LogP contribution in [0.3, 0.4) is 0 Å². The lowest BCUT2D eigenvalue weighted by molar-refractivity contribution is -0.385. The summed E-state index contributed by atoms with van der Waals surface area (Å²) in [4.78, 5) is 0. The van der Waals surface area contributed by atoms with Crippen LogP contribution < -0.4 is 9.47 Å². The van der Waals surface area contributed by atoms with Crippen LogP contribution in [0.1, 0.15) is 12.5 Å². The number of aliphatic hydroxyl groups is 2. The average Bonchev–Trinajstić information content (AvgIpc) is 2.38. The Morgan fingerprint density at radius 1 is 1.21 bits per heavy atom. The number of allylic oxidation sites excluding steroid dienone is 1. The highest BCUT2D eigenvalue weighted by molar-refractivity contribution is 5.56. The molecule has 0 fully saturated rings. The summed E-state index contributed by atoms with van der Waals surface area (Å²) in [5.41, 5.74) is 0.910. The van der Waals surface area contributed by atoms with Crippen LogP contribution in [0.5, 0.6) is 11.5 Å². The Kier molecular flexibility index (Phi) is 1.94. The molecule has 0 saturated heterocycles. The van der Waals surface area contributed by atoms with E-state index in [0.29, 0.717) is 11.5 Å². The second kappa shape index (κ2) is 3.01. The summed E-state index contributed by atoms with van der Waals surface area (Å²) in [5.74, 6) is 0.647. The molecule has 0 saturated carbocycles. The van der Waals surface area contributed by atoms with Crippen molar-refractivity contribution in [3.8, 4) is 11.5 Å². The quantitative estimate of drug-likeness (QED) is 0.657. The maximum atomic E-state index is 9.03. The Hall–Kier alpha value is -1.52. The second-order valence-corrected chi connectivity index (χ2v) is 2.96.